The van der Waals surface area contributed by atoms with Gasteiger partial charge in [0.15, 0.2) is 0 Å². The summed E-state index contributed by atoms with van der Waals surface area (Å²) in [4.78, 5) is 21.1. The van der Waals surface area contributed by atoms with Gasteiger partial charge in [-0.25, -0.2) is 9.97 Å². The number of ether oxygens (including phenoxy) is 1. The number of rotatable bonds is 4. The molecule has 3 aromatic rings. The van der Waals surface area contributed by atoms with Crippen molar-refractivity contribution in [1.82, 2.24) is 15.0 Å². The smallest absolute Gasteiger partial charge is 0.228 e. The van der Waals surface area contributed by atoms with Gasteiger partial charge in [-0.1, -0.05) is 23.7 Å². The number of morpholine rings is 1. The molecule has 2 saturated heterocycles. The quantitative estimate of drug-likeness (QED) is 0.566. The molecule has 0 saturated carbocycles. The van der Waals surface area contributed by atoms with Crippen molar-refractivity contribution in [2.75, 3.05) is 60.6 Å². The van der Waals surface area contributed by atoms with Gasteiger partial charge in [-0.3, -0.25) is 0 Å². The summed E-state index contributed by atoms with van der Waals surface area (Å²) in [5, 5.41) is 9.83. The maximum absolute atomic E-state index is 9.16. The molecular formula is C25H26ClN7O. The summed E-state index contributed by atoms with van der Waals surface area (Å²) >= 11 is 6.40. The van der Waals surface area contributed by atoms with Gasteiger partial charge in [0.25, 0.3) is 0 Å². The van der Waals surface area contributed by atoms with Crippen LogP contribution in [0.15, 0.2) is 48.7 Å². The lowest BCUT2D eigenvalue weighted by Gasteiger charge is -2.41. The van der Waals surface area contributed by atoms with E-state index in [1.807, 2.05) is 42.5 Å². The van der Waals surface area contributed by atoms with Crippen LogP contribution in [0.5, 0.6) is 0 Å². The van der Waals surface area contributed by atoms with Gasteiger partial charge in [-0.2, -0.15) is 10.2 Å². The Morgan fingerprint density at radius 2 is 1.82 bits per heavy atom. The molecule has 5 rings (SSSR count). The number of pyridine rings is 1. The molecule has 0 aliphatic carbocycles. The summed E-state index contributed by atoms with van der Waals surface area (Å²) in [7, 11) is 0. The van der Waals surface area contributed by atoms with E-state index < -0.39 is 0 Å². The molecule has 174 valence electrons. The topological polar surface area (TPSA) is 81.4 Å². The Labute approximate surface area is 204 Å². The normalized spacial score (nSPS) is 18.6. The van der Waals surface area contributed by atoms with Crippen LogP contribution in [-0.2, 0) is 4.74 Å². The predicted molar refractivity (Wildman–Crippen MR) is 133 cm³/mol. The van der Waals surface area contributed by atoms with E-state index in [9.17, 15) is 0 Å². The Morgan fingerprint density at radius 3 is 2.53 bits per heavy atom. The second kappa shape index (κ2) is 9.84. The number of benzene rings is 1. The molecule has 8 nitrogen and oxygen atoms in total. The van der Waals surface area contributed by atoms with Gasteiger partial charge in [-0.15, -0.1) is 0 Å². The van der Waals surface area contributed by atoms with E-state index in [-0.39, 0.29) is 6.04 Å². The summed E-state index contributed by atoms with van der Waals surface area (Å²) < 4.78 is 5.53. The third kappa shape index (κ3) is 4.63. The number of halogens is 1. The molecule has 2 aromatic heterocycles. The first kappa shape index (κ1) is 22.4. The Bertz CT molecular complexity index is 1190. The highest BCUT2D eigenvalue weighted by atomic mass is 35.5. The van der Waals surface area contributed by atoms with Crippen molar-refractivity contribution in [3.8, 4) is 17.3 Å². The molecule has 0 radical (unpaired) electrons. The van der Waals surface area contributed by atoms with Crippen LogP contribution >= 0.6 is 11.6 Å². The zero-order valence-electron chi connectivity index (χ0n) is 19.1. The molecular weight excluding hydrogens is 450 g/mol. The Balaban J connectivity index is 1.46. The van der Waals surface area contributed by atoms with Gasteiger partial charge in [0.1, 0.15) is 11.6 Å². The van der Waals surface area contributed by atoms with Crippen molar-refractivity contribution in [3.05, 3.63) is 59.2 Å². The van der Waals surface area contributed by atoms with E-state index in [0.717, 1.165) is 55.6 Å². The summed E-state index contributed by atoms with van der Waals surface area (Å²) in [6.07, 6.45) is 1.78. The van der Waals surface area contributed by atoms with Crippen molar-refractivity contribution >= 4 is 29.2 Å². The number of nitrogens with zero attached hydrogens (tertiary/aromatic N) is 7. The molecule has 4 heterocycles. The molecule has 0 N–H and O–H groups in total. The number of hydrogen-bond donors (Lipinski definition) is 0. The SMILES string of the molecule is C[C@@H]1CN(c2ncccc2Cl)CCN1c1cc(-c2ccc(C#N)cc2)nc(N2CCOCC2)n1. The van der Waals surface area contributed by atoms with Crippen LogP contribution in [0.1, 0.15) is 12.5 Å². The lowest BCUT2D eigenvalue weighted by molar-refractivity contribution is 0.122. The van der Waals surface area contributed by atoms with E-state index in [0.29, 0.717) is 29.7 Å². The zero-order chi connectivity index (χ0) is 23.5. The van der Waals surface area contributed by atoms with E-state index in [1.165, 1.54) is 0 Å². The van der Waals surface area contributed by atoms with Crippen LogP contribution in [0.2, 0.25) is 5.02 Å². The van der Waals surface area contributed by atoms with Gasteiger partial charge in [0.05, 0.1) is 35.6 Å². The van der Waals surface area contributed by atoms with Crippen LogP contribution in [-0.4, -0.2) is 66.9 Å². The van der Waals surface area contributed by atoms with Crippen molar-refractivity contribution in [3.63, 3.8) is 0 Å². The number of hydrogen-bond acceptors (Lipinski definition) is 8. The van der Waals surface area contributed by atoms with E-state index in [2.05, 4.69) is 32.7 Å². The highest BCUT2D eigenvalue weighted by molar-refractivity contribution is 6.32. The lowest BCUT2D eigenvalue weighted by atomic mass is 10.1. The third-order valence-corrected chi connectivity index (χ3v) is 6.56. The maximum atomic E-state index is 9.16. The molecule has 1 aromatic carbocycles. The van der Waals surface area contributed by atoms with Crippen LogP contribution in [0, 0.1) is 11.3 Å². The number of anilines is 3. The molecule has 0 bridgehead atoms. The first-order valence-electron chi connectivity index (χ1n) is 11.5. The second-order valence-corrected chi connectivity index (χ2v) is 8.90. The maximum Gasteiger partial charge on any atom is 0.228 e. The van der Waals surface area contributed by atoms with Crippen molar-refractivity contribution in [2.45, 2.75) is 13.0 Å². The van der Waals surface area contributed by atoms with Crippen LogP contribution in [0.25, 0.3) is 11.3 Å². The Kier molecular flexibility index (Phi) is 6.48. The summed E-state index contributed by atoms with van der Waals surface area (Å²) in [6.45, 7) is 7.43. The van der Waals surface area contributed by atoms with Crippen molar-refractivity contribution in [1.29, 1.82) is 5.26 Å². The Hall–Kier alpha value is -3.41. The minimum atomic E-state index is 0.202. The fraction of sp³-hybridized carbons (Fsp3) is 0.360. The molecule has 34 heavy (non-hydrogen) atoms. The summed E-state index contributed by atoms with van der Waals surface area (Å²) in [5.74, 6) is 2.43. The molecule has 0 amide bonds. The fourth-order valence-corrected chi connectivity index (χ4v) is 4.68. The third-order valence-electron chi connectivity index (χ3n) is 6.26. The summed E-state index contributed by atoms with van der Waals surface area (Å²) in [6, 6.07) is 15.7. The predicted octanol–water partition coefficient (Wildman–Crippen LogP) is 3.62. The van der Waals surface area contributed by atoms with Gasteiger partial charge < -0.3 is 19.4 Å². The van der Waals surface area contributed by atoms with Crippen LogP contribution < -0.4 is 14.7 Å². The number of aromatic nitrogens is 3. The average molecular weight is 476 g/mol. The largest absolute Gasteiger partial charge is 0.378 e. The Morgan fingerprint density at radius 1 is 1.03 bits per heavy atom. The lowest BCUT2D eigenvalue weighted by Crippen LogP contribution is -2.53. The highest BCUT2D eigenvalue weighted by Gasteiger charge is 2.28. The minimum absolute atomic E-state index is 0.202. The monoisotopic (exact) mass is 475 g/mol. The van der Waals surface area contributed by atoms with E-state index >= 15 is 0 Å². The fourth-order valence-electron chi connectivity index (χ4n) is 4.44. The number of nitriles is 1. The average Bonchev–Trinajstić information content (AvgIpc) is 2.89. The molecule has 9 heteroatoms. The standard InChI is InChI=1S/C25H26ClN7O/c1-18-17-32(24-21(26)3-2-8-28-24)9-10-33(18)23-15-22(20-6-4-19(16-27)5-7-20)29-25(30-23)31-11-13-34-14-12-31/h2-8,15,18H,9-14,17H2,1H3/t18-/m1/s1. The van der Waals surface area contributed by atoms with Gasteiger partial charge in [-0.05, 0) is 31.2 Å². The van der Waals surface area contributed by atoms with Crippen molar-refractivity contribution in [2.24, 2.45) is 0 Å². The van der Waals surface area contributed by atoms with E-state index in [1.54, 1.807) is 6.20 Å². The molecule has 0 spiro atoms. The first-order chi connectivity index (χ1) is 16.6. The van der Waals surface area contributed by atoms with Crippen molar-refractivity contribution < 1.29 is 4.74 Å². The van der Waals surface area contributed by atoms with Gasteiger partial charge >= 0.3 is 0 Å². The number of piperazine rings is 1. The van der Waals surface area contributed by atoms with E-state index in [4.69, 9.17) is 31.6 Å². The molecule has 1 atom stereocenters. The molecule has 2 fully saturated rings. The van der Waals surface area contributed by atoms with Gasteiger partial charge in [0.2, 0.25) is 5.95 Å². The first-order valence-corrected chi connectivity index (χ1v) is 11.8. The molecule has 2 aliphatic heterocycles. The zero-order valence-corrected chi connectivity index (χ0v) is 19.8. The van der Waals surface area contributed by atoms with Gasteiger partial charge in [0, 0.05) is 56.6 Å². The molecule has 0 unspecified atom stereocenters. The second-order valence-electron chi connectivity index (χ2n) is 8.50. The summed E-state index contributed by atoms with van der Waals surface area (Å²) in [5.41, 5.74) is 2.44. The minimum Gasteiger partial charge on any atom is -0.378 e. The highest BCUT2D eigenvalue weighted by Crippen LogP contribution is 2.30. The van der Waals surface area contributed by atoms with Crippen LogP contribution in [0.3, 0.4) is 0 Å². The molecule has 2 aliphatic rings. The van der Waals surface area contributed by atoms with Crippen LogP contribution in [0.4, 0.5) is 17.6 Å².